The number of nitrogens with one attached hydrogen (secondary N) is 2. The van der Waals surface area contributed by atoms with E-state index in [0.29, 0.717) is 62.2 Å². The second-order valence-corrected chi connectivity index (χ2v) is 14.0. The molecule has 3 N–H and O–H groups in total. The minimum absolute atomic E-state index is 0.0322. The minimum Gasteiger partial charge on any atom is -0.396 e. The Morgan fingerprint density at radius 2 is 1.92 bits per heavy atom. The molecule has 1 aromatic carbocycles. The summed E-state index contributed by atoms with van der Waals surface area (Å²) in [5.74, 6) is 1.18. The number of carbonyl (C=O) groups excluding carboxylic acids is 1. The fourth-order valence-electron chi connectivity index (χ4n) is 4.76. The van der Waals surface area contributed by atoms with Crippen LogP contribution in [0.5, 0.6) is 0 Å². The van der Waals surface area contributed by atoms with Gasteiger partial charge in [0.2, 0.25) is 0 Å². The number of sulfone groups is 1. The average Bonchev–Trinajstić information content (AvgIpc) is 3.81. The quantitative estimate of drug-likeness (QED) is 0.439. The summed E-state index contributed by atoms with van der Waals surface area (Å²) >= 11 is 0. The number of anilines is 2. The SMILES string of the molecule is C[C@H]1COCCN1c1cc(C2(S(=O)(=O)C3CC3)CC2)nc(-c2ccc(NC(=O)NCC(C)(C)CO)cc2)n1. The van der Waals surface area contributed by atoms with E-state index in [1.165, 1.54) is 0 Å². The Morgan fingerprint density at radius 1 is 1.21 bits per heavy atom. The van der Waals surface area contributed by atoms with Crippen LogP contribution in [-0.2, 0) is 19.3 Å². The predicted octanol–water partition coefficient (Wildman–Crippen LogP) is 3.08. The molecule has 2 heterocycles. The van der Waals surface area contributed by atoms with Gasteiger partial charge in [0.1, 0.15) is 10.6 Å². The summed E-state index contributed by atoms with van der Waals surface area (Å²) < 4.78 is 31.5. The molecule has 0 bridgehead atoms. The van der Waals surface area contributed by atoms with Crippen molar-refractivity contribution in [3.63, 3.8) is 0 Å². The van der Waals surface area contributed by atoms with Crippen molar-refractivity contribution in [1.82, 2.24) is 15.3 Å². The first-order chi connectivity index (χ1) is 18.0. The Hall–Kier alpha value is -2.76. The van der Waals surface area contributed by atoms with Crippen molar-refractivity contribution in [3.8, 4) is 11.4 Å². The zero-order chi connectivity index (χ0) is 27.1. The van der Waals surface area contributed by atoms with Crippen molar-refractivity contribution in [2.75, 3.05) is 43.1 Å². The molecule has 11 heteroatoms. The molecule has 10 nitrogen and oxygen atoms in total. The van der Waals surface area contributed by atoms with Gasteiger partial charge in [0.05, 0.1) is 30.2 Å². The molecule has 0 radical (unpaired) electrons. The van der Waals surface area contributed by atoms with E-state index in [4.69, 9.17) is 14.7 Å². The fourth-order valence-corrected chi connectivity index (χ4v) is 7.22. The van der Waals surface area contributed by atoms with E-state index in [2.05, 4.69) is 22.5 Å². The molecule has 3 aliphatic rings. The van der Waals surface area contributed by atoms with Gasteiger partial charge in [-0.25, -0.2) is 23.2 Å². The second-order valence-electron chi connectivity index (χ2n) is 11.5. The van der Waals surface area contributed by atoms with Crippen LogP contribution in [0.15, 0.2) is 30.3 Å². The average molecular weight is 544 g/mol. The number of benzene rings is 1. The Bertz CT molecular complexity index is 1290. The Morgan fingerprint density at radius 3 is 2.53 bits per heavy atom. The van der Waals surface area contributed by atoms with Crippen LogP contribution in [0.4, 0.5) is 16.3 Å². The van der Waals surface area contributed by atoms with E-state index in [9.17, 15) is 18.3 Å². The van der Waals surface area contributed by atoms with E-state index in [0.717, 1.165) is 18.4 Å². The molecule has 3 fully saturated rings. The lowest BCUT2D eigenvalue weighted by atomic mass is 9.95. The third-order valence-corrected chi connectivity index (χ3v) is 10.7. The first-order valence-corrected chi connectivity index (χ1v) is 14.8. The largest absolute Gasteiger partial charge is 0.396 e. The number of urea groups is 1. The monoisotopic (exact) mass is 543 g/mol. The highest BCUT2D eigenvalue weighted by Gasteiger charge is 2.61. The first kappa shape index (κ1) is 26.8. The third-order valence-electron chi connectivity index (χ3n) is 7.61. The van der Waals surface area contributed by atoms with Crippen LogP contribution in [0.25, 0.3) is 11.4 Å². The van der Waals surface area contributed by atoms with Crippen LogP contribution < -0.4 is 15.5 Å². The molecule has 5 rings (SSSR count). The summed E-state index contributed by atoms with van der Waals surface area (Å²) in [6.07, 6.45) is 2.64. The zero-order valence-corrected chi connectivity index (χ0v) is 23.1. The molecular formula is C27H37N5O5S. The van der Waals surface area contributed by atoms with Gasteiger partial charge >= 0.3 is 6.03 Å². The number of aliphatic hydroxyl groups excluding tert-OH is 1. The van der Waals surface area contributed by atoms with E-state index in [-0.39, 0.29) is 23.9 Å². The molecule has 1 saturated heterocycles. The maximum atomic E-state index is 13.4. The zero-order valence-electron chi connectivity index (χ0n) is 22.2. The Labute approximate surface area is 224 Å². The van der Waals surface area contributed by atoms with E-state index < -0.39 is 20.0 Å². The van der Waals surface area contributed by atoms with Crippen LogP contribution in [0, 0.1) is 5.41 Å². The van der Waals surface area contributed by atoms with Gasteiger partial charge < -0.3 is 25.4 Å². The number of carbonyl (C=O) groups is 1. The molecule has 0 spiro atoms. The van der Waals surface area contributed by atoms with Gasteiger partial charge in [0.25, 0.3) is 0 Å². The molecule has 1 atom stereocenters. The molecule has 0 unspecified atom stereocenters. The van der Waals surface area contributed by atoms with Crippen molar-refractivity contribution >= 4 is 27.4 Å². The van der Waals surface area contributed by atoms with E-state index in [1.807, 2.05) is 32.0 Å². The Balaban J connectivity index is 1.42. The summed E-state index contributed by atoms with van der Waals surface area (Å²) in [7, 11) is -3.31. The van der Waals surface area contributed by atoms with Crippen molar-refractivity contribution in [3.05, 3.63) is 36.0 Å². The highest BCUT2D eigenvalue weighted by Crippen LogP contribution is 2.57. The van der Waals surface area contributed by atoms with Crippen LogP contribution in [-0.4, -0.2) is 73.7 Å². The number of morpholine rings is 1. The number of hydrogen-bond acceptors (Lipinski definition) is 8. The van der Waals surface area contributed by atoms with Gasteiger partial charge in [0.15, 0.2) is 15.7 Å². The van der Waals surface area contributed by atoms with Gasteiger partial charge in [-0.1, -0.05) is 13.8 Å². The summed E-state index contributed by atoms with van der Waals surface area (Å²) in [5.41, 5.74) is 1.50. The third kappa shape index (κ3) is 5.37. The van der Waals surface area contributed by atoms with E-state index >= 15 is 0 Å². The highest BCUT2D eigenvalue weighted by molar-refractivity contribution is 7.93. The number of hydrogen-bond donors (Lipinski definition) is 3. The smallest absolute Gasteiger partial charge is 0.319 e. The minimum atomic E-state index is -3.31. The molecule has 206 valence electrons. The van der Waals surface area contributed by atoms with Crippen LogP contribution in [0.1, 0.15) is 52.1 Å². The molecule has 1 aliphatic heterocycles. The van der Waals surface area contributed by atoms with Crippen molar-refractivity contribution in [2.45, 2.75) is 62.5 Å². The molecule has 38 heavy (non-hydrogen) atoms. The normalized spacial score (nSPS) is 21.2. The molecule has 2 aromatic rings. The summed E-state index contributed by atoms with van der Waals surface area (Å²) in [4.78, 5) is 24.1. The lowest BCUT2D eigenvalue weighted by Crippen LogP contribution is -2.44. The second kappa shape index (κ2) is 10.1. The topological polar surface area (TPSA) is 134 Å². The fraction of sp³-hybridized carbons (Fsp3) is 0.593. The molecule has 2 amide bonds. The lowest BCUT2D eigenvalue weighted by Gasteiger charge is -2.34. The van der Waals surface area contributed by atoms with Crippen LogP contribution >= 0.6 is 0 Å². The number of aromatic nitrogens is 2. The summed E-state index contributed by atoms with van der Waals surface area (Å²) in [6.45, 7) is 7.94. The van der Waals surface area contributed by atoms with E-state index in [1.54, 1.807) is 12.1 Å². The number of nitrogens with zero attached hydrogens (tertiary/aromatic N) is 3. The number of amides is 2. The van der Waals surface area contributed by atoms with Gasteiger partial charge in [-0.05, 0) is 56.9 Å². The number of aliphatic hydroxyl groups is 1. The number of rotatable bonds is 9. The molecule has 2 aliphatic carbocycles. The maximum Gasteiger partial charge on any atom is 0.319 e. The standard InChI is InChI=1S/C27H37N5O5S/c1-18-15-37-13-12-32(18)23-14-22(27(10-11-27)38(35,36)21-8-9-21)30-24(31-23)19-4-6-20(7-5-19)29-25(34)28-16-26(2,3)17-33/h4-7,14,18,21,33H,8-13,15-17H2,1-3H3,(H2,28,29,34)/t18-/m0/s1. The molecule has 1 aromatic heterocycles. The van der Waals surface area contributed by atoms with Gasteiger partial charge in [0, 0.05) is 42.4 Å². The summed E-state index contributed by atoms with van der Waals surface area (Å²) in [5, 5.41) is 14.7. The molecular weight excluding hydrogens is 506 g/mol. The van der Waals surface area contributed by atoms with Crippen LogP contribution in [0.3, 0.4) is 0 Å². The first-order valence-electron chi connectivity index (χ1n) is 13.3. The lowest BCUT2D eigenvalue weighted by molar-refractivity contribution is 0.0985. The Kier molecular flexibility index (Phi) is 7.12. The number of ether oxygens (including phenoxy) is 1. The van der Waals surface area contributed by atoms with Crippen molar-refractivity contribution in [1.29, 1.82) is 0 Å². The van der Waals surface area contributed by atoms with Gasteiger partial charge in [-0.15, -0.1) is 0 Å². The highest BCUT2D eigenvalue weighted by atomic mass is 32.2. The van der Waals surface area contributed by atoms with Crippen LogP contribution in [0.2, 0.25) is 0 Å². The van der Waals surface area contributed by atoms with Gasteiger partial charge in [-0.3, -0.25) is 0 Å². The maximum absolute atomic E-state index is 13.4. The molecule has 2 saturated carbocycles. The van der Waals surface area contributed by atoms with Crippen molar-refractivity contribution in [2.24, 2.45) is 5.41 Å². The summed E-state index contributed by atoms with van der Waals surface area (Å²) in [6, 6.07) is 8.81. The predicted molar refractivity (Wildman–Crippen MR) is 146 cm³/mol. The van der Waals surface area contributed by atoms with Crippen molar-refractivity contribution < 1.29 is 23.1 Å². The van der Waals surface area contributed by atoms with Gasteiger partial charge in [-0.2, -0.15) is 0 Å².